The Morgan fingerprint density at radius 1 is 1.70 bits per heavy atom. The molecule has 1 aromatic rings. The van der Waals surface area contributed by atoms with Crippen molar-refractivity contribution >= 4 is 7.85 Å². The molecule has 1 aromatic heterocycles. The predicted molar refractivity (Wildman–Crippen MR) is 34.4 cm³/mol. The van der Waals surface area contributed by atoms with Crippen molar-refractivity contribution in [3.05, 3.63) is 12.7 Å². The summed E-state index contributed by atoms with van der Waals surface area (Å²) in [4.78, 5) is 3.78. The van der Waals surface area contributed by atoms with Crippen LogP contribution >= 0.6 is 0 Å². The number of hydrogen-bond acceptors (Lipinski definition) is 3. The van der Waals surface area contributed by atoms with E-state index in [1.807, 2.05) is 0 Å². The minimum absolute atomic E-state index is 0.0933. The molecule has 5 heteroatoms. The summed E-state index contributed by atoms with van der Waals surface area (Å²) in [5, 5.41) is 3.90. The quantitative estimate of drug-likeness (QED) is 0.392. The molecule has 0 aromatic carbocycles. The second kappa shape index (κ2) is 2.09. The molecule has 2 radical (unpaired) electrons. The lowest BCUT2D eigenvalue weighted by Crippen LogP contribution is -2.06. The molecule has 2 rings (SSSR count). The molecule has 4 nitrogen and oxygen atoms in total. The van der Waals surface area contributed by atoms with E-state index < -0.39 is 0 Å². The van der Waals surface area contributed by atoms with Crippen LogP contribution in [0.3, 0.4) is 0 Å². The molecule has 0 bridgehead atoms. The largest absolute Gasteiger partial charge is 0.378 e. The van der Waals surface area contributed by atoms with Gasteiger partial charge in [0.1, 0.15) is 20.5 Å². The third-order valence-corrected chi connectivity index (χ3v) is 1.46. The lowest BCUT2D eigenvalue weighted by Gasteiger charge is -1.92. The fraction of sp³-hybridized carbons (Fsp3) is 0.600. The second-order valence-electron chi connectivity index (χ2n) is 2.26. The van der Waals surface area contributed by atoms with E-state index in [0.29, 0.717) is 6.54 Å². The van der Waals surface area contributed by atoms with Crippen LogP contribution < -0.4 is 0 Å². The summed E-state index contributed by atoms with van der Waals surface area (Å²) in [5.41, 5.74) is 0. The predicted octanol–water partition coefficient (Wildman–Crippen LogP) is -0.829. The van der Waals surface area contributed by atoms with Crippen LogP contribution in [0, 0.1) is 0 Å². The van der Waals surface area contributed by atoms with E-state index in [0.717, 1.165) is 0 Å². The van der Waals surface area contributed by atoms with Crippen LogP contribution in [-0.2, 0) is 11.3 Å². The Balaban J connectivity index is 1.93. The van der Waals surface area contributed by atoms with E-state index in [1.54, 1.807) is 11.0 Å². The molecule has 0 spiro atoms. The van der Waals surface area contributed by atoms with Gasteiger partial charge >= 0.3 is 0 Å². The highest BCUT2D eigenvalue weighted by atomic mass is 16.6. The van der Waals surface area contributed by atoms with Crippen LogP contribution in [0.25, 0.3) is 0 Å². The fourth-order valence-corrected chi connectivity index (χ4v) is 0.815. The van der Waals surface area contributed by atoms with Crippen molar-refractivity contribution < 1.29 is 4.74 Å². The first-order valence-electron chi connectivity index (χ1n) is 3.10. The molecular weight excluding hydrogens is 129 g/mol. The summed E-state index contributed by atoms with van der Waals surface area (Å²) < 4.78 is 6.69. The van der Waals surface area contributed by atoms with Crippen LogP contribution in [-0.4, -0.2) is 34.7 Å². The Bertz CT molecular complexity index is 213. The van der Waals surface area contributed by atoms with Crippen LogP contribution in [0.5, 0.6) is 0 Å². The first-order valence-corrected chi connectivity index (χ1v) is 3.10. The van der Waals surface area contributed by atoms with Gasteiger partial charge in [0, 0.05) is 6.00 Å². The van der Waals surface area contributed by atoms with E-state index in [4.69, 9.17) is 12.6 Å². The molecule has 0 N–H and O–H groups in total. The minimum atomic E-state index is -0.0933. The van der Waals surface area contributed by atoms with Gasteiger partial charge in [0.15, 0.2) is 0 Å². The van der Waals surface area contributed by atoms with Gasteiger partial charge < -0.3 is 4.74 Å². The summed E-state index contributed by atoms with van der Waals surface area (Å²) in [5.74, 6) is 0. The van der Waals surface area contributed by atoms with Crippen molar-refractivity contribution in [2.75, 3.05) is 0 Å². The molecule has 50 valence electrons. The molecule has 1 saturated heterocycles. The average molecular weight is 135 g/mol. The van der Waals surface area contributed by atoms with E-state index in [2.05, 4.69) is 10.1 Å². The van der Waals surface area contributed by atoms with Crippen molar-refractivity contribution in [1.29, 1.82) is 0 Å². The maximum atomic E-state index is 5.40. The number of nitrogens with zero attached hydrogens (tertiary/aromatic N) is 3. The summed E-state index contributed by atoms with van der Waals surface area (Å²) in [6.07, 6.45) is 3.28. The maximum Gasteiger partial charge on any atom is 0.137 e. The Hall–Kier alpha value is -0.835. The molecule has 0 aliphatic carbocycles. The first-order chi connectivity index (χ1) is 4.86. The normalized spacial score (nSPS) is 30.4. The lowest BCUT2D eigenvalue weighted by molar-refractivity contribution is 0.367. The van der Waals surface area contributed by atoms with Gasteiger partial charge in [0.2, 0.25) is 0 Å². The van der Waals surface area contributed by atoms with Gasteiger partial charge in [0.05, 0.1) is 12.6 Å². The highest BCUT2D eigenvalue weighted by Gasteiger charge is 2.33. The van der Waals surface area contributed by atoms with E-state index in [9.17, 15) is 0 Å². The molecular formula is C5H6BN3O. The van der Waals surface area contributed by atoms with Crippen molar-refractivity contribution in [3.8, 4) is 0 Å². The molecule has 2 heterocycles. The van der Waals surface area contributed by atoms with E-state index in [1.165, 1.54) is 6.33 Å². The molecule has 2 unspecified atom stereocenters. The Labute approximate surface area is 59.6 Å². The average Bonchev–Trinajstić information content (AvgIpc) is 2.48. The fourth-order valence-electron chi connectivity index (χ4n) is 0.815. The van der Waals surface area contributed by atoms with Gasteiger partial charge in [-0.3, -0.25) is 4.68 Å². The second-order valence-corrected chi connectivity index (χ2v) is 2.26. The van der Waals surface area contributed by atoms with Crippen LogP contribution in [0.1, 0.15) is 0 Å². The zero-order chi connectivity index (χ0) is 6.97. The summed E-state index contributed by atoms with van der Waals surface area (Å²) in [6, 6.07) is -0.0933. The molecule has 0 saturated carbocycles. The topological polar surface area (TPSA) is 43.2 Å². The summed E-state index contributed by atoms with van der Waals surface area (Å²) >= 11 is 0. The lowest BCUT2D eigenvalue weighted by atomic mass is 10.0. The molecule has 1 aliphatic heterocycles. The van der Waals surface area contributed by atoms with Crippen molar-refractivity contribution in [2.24, 2.45) is 0 Å². The summed E-state index contributed by atoms with van der Waals surface area (Å²) in [6.45, 7) is 0.709. The molecule has 1 fully saturated rings. The van der Waals surface area contributed by atoms with Gasteiger partial charge in [-0.15, -0.1) is 0 Å². The van der Waals surface area contributed by atoms with Crippen LogP contribution in [0.4, 0.5) is 0 Å². The highest BCUT2D eigenvalue weighted by molar-refractivity contribution is 6.13. The zero-order valence-corrected chi connectivity index (χ0v) is 5.34. The van der Waals surface area contributed by atoms with Crippen LogP contribution in [0.2, 0.25) is 0 Å². The van der Waals surface area contributed by atoms with Gasteiger partial charge in [-0.05, 0) is 0 Å². The molecule has 10 heavy (non-hydrogen) atoms. The Kier molecular flexibility index (Phi) is 1.24. The van der Waals surface area contributed by atoms with Crippen LogP contribution in [0.15, 0.2) is 12.7 Å². The zero-order valence-electron chi connectivity index (χ0n) is 5.34. The minimum Gasteiger partial charge on any atom is -0.378 e. The Morgan fingerprint density at radius 3 is 3.00 bits per heavy atom. The first kappa shape index (κ1) is 5.91. The maximum absolute atomic E-state index is 5.40. The number of epoxide rings is 1. The standard InChI is InChI=1S/C5H6BN3O/c6-5-4(10-5)1-9-3-7-2-8-9/h2-5H,1H2. The van der Waals surface area contributed by atoms with Crippen molar-refractivity contribution in [1.82, 2.24) is 14.8 Å². The summed E-state index contributed by atoms with van der Waals surface area (Å²) in [7, 11) is 5.40. The van der Waals surface area contributed by atoms with Gasteiger partial charge in [-0.1, -0.05) is 0 Å². The van der Waals surface area contributed by atoms with Crippen molar-refractivity contribution in [3.63, 3.8) is 0 Å². The highest BCUT2D eigenvalue weighted by Crippen LogP contribution is 2.19. The monoisotopic (exact) mass is 135 g/mol. The molecule has 0 amide bonds. The Morgan fingerprint density at radius 2 is 2.50 bits per heavy atom. The van der Waals surface area contributed by atoms with E-state index in [-0.39, 0.29) is 12.1 Å². The third-order valence-electron chi connectivity index (χ3n) is 1.46. The van der Waals surface area contributed by atoms with Gasteiger partial charge in [0.25, 0.3) is 0 Å². The van der Waals surface area contributed by atoms with Gasteiger partial charge in [-0.25, -0.2) is 4.98 Å². The third kappa shape index (κ3) is 1.04. The van der Waals surface area contributed by atoms with Crippen molar-refractivity contribution in [2.45, 2.75) is 18.7 Å². The number of ether oxygens (including phenoxy) is 1. The SMILES string of the molecule is [B]C1OC1Cn1cncn1. The van der Waals surface area contributed by atoms with Gasteiger partial charge in [-0.2, -0.15) is 5.10 Å². The number of rotatable bonds is 2. The number of aromatic nitrogens is 3. The smallest absolute Gasteiger partial charge is 0.137 e. The molecule has 2 atom stereocenters. The van der Waals surface area contributed by atoms with E-state index >= 15 is 0 Å². The number of hydrogen-bond donors (Lipinski definition) is 0. The molecule has 1 aliphatic rings.